The summed E-state index contributed by atoms with van der Waals surface area (Å²) in [6.45, 7) is 2.27. The molecule has 0 radical (unpaired) electrons. The molecule has 0 aromatic rings. The van der Waals surface area contributed by atoms with Crippen LogP contribution in [0.5, 0.6) is 0 Å². The number of aliphatic hydroxyl groups excluding tert-OH is 1. The van der Waals surface area contributed by atoms with Crippen LogP contribution in [0.3, 0.4) is 0 Å². The molecule has 1 fully saturated rings. The van der Waals surface area contributed by atoms with Crippen LogP contribution in [0, 0.1) is 5.92 Å². The van der Waals surface area contributed by atoms with Gasteiger partial charge in [0, 0.05) is 5.75 Å². The van der Waals surface area contributed by atoms with Gasteiger partial charge >= 0.3 is 0 Å². The fourth-order valence-electron chi connectivity index (χ4n) is 2.40. The van der Waals surface area contributed by atoms with E-state index >= 15 is 0 Å². The molecular formula is C14H28OS. The van der Waals surface area contributed by atoms with Crippen molar-refractivity contribution in [1.82, 2.24) is 0 Å². The molecule has 2 atom stereocenters. The summed E-state index contributed by atoms with van der Waals surface area (Å²) in [6.07, 6.45) is 12.4. The first-order valence-electron chi connectivity index (χ1n) is 7.10. The molecule has 0 spiro atoms. The van der Waals surface area contributed by atoms with Crippen molar-refractivity contribution in [1.29, 1.82) is 0 Å². The molecule has 2 heteroatoms. The van der Waals surface area contributed by atoms with Gasteiger partial charge in [-0.25, -0.2) is 0 Å². The highest BCUT2D eigenvalue weighted by molar-refractivity contribution is 7.99. The summed E-state index contributed by atoms with van der Waals surface area (Å²) >= 11 is 1.92. The molecule has 0 amide bonds. The molecular weight excluding hydrogens is 216 g/mol. The number of thioether (sulfide) groups is 1. The van der Waals surface area contributed by atoms with E-state index < -0.39 is 0 Å². The largest absolute Gasteiger partial charge is 0.392 e. The third-order valence-corrected chi connectivity index (χ3v) is 4.83. The lowest BCUT2D eigenvalue weighted by atomic mass is 9.98. The van der Waals surface area contributed by atoms with Gasteiger partial charge in [-0.05, 0) is 18.1 Å². The highest BCUT2D eigenvalue weighted by Gasteiger charge is 2.24. The Labute approximate surface area is 105 Å². The van der Waals surface area contributed by atoms with Crippen LogP contribution in [0.25, 0.3) is 0 Å². The normalized spacial score (nSPS) is 25.1. The van der Waals surface area contributed by atoms with Gasteiger partial charge < -0.3 is 5.11 Å². The first-order chi connectivity index (χ1) is 7.84. The summed E-state index contributed by atoms with van der Waals surface area (Å²) in [5, 5.41) is 9.67. The highest BCUT2D eigenvalue weighted by Crippen LogP contribution is 2.28. The summed E-state index contributed by atoms with van der Waals surface area (Å²) in [6, 6.07) is 0. The van der Waals surface area contributed by atoms with Gasteiger partial charge in [0.2, 0.25) is 0 Å². The van der Waals surface area contributed by atoms with Crippen molar-refractivity contribution < 1.29 is 5.11 Å². The van der Waals surface area contributed by atoms with E-state index in [1.54, 1.807) is 0 Å². The maximum absolute atomic E-state index is 9.67. The number of aliphatic hydroxyl groups is 1. The number of unbranched alkanes of at least 4 members (excludes halogenated alkanes) is 7. The fourth-order valence-corrected chi connectivity index (χ4v) is 3.74. The average Bonchev–Trinajstić information content (AvgIpc) is 2.68. The smallest absolute Gasteiger partial charge is 0.0666 e. The maximum Gasteiger partial charge on any atom is 0.0666 e. The quantitative estimate of drug-likeness (QED) is 0.612. The van der Waals surface area contributed by atoms with E-state index in [0.29, 0.717) is 5.92 Å². The molecule has 96 valence electrons. The summed E-state index contributed by atoms with van der Waals surface area (Å²) in [5.41, 5.74) is 0. The van der Waals surface area contributed by atoms with Crippen molar-refractivity contribution in [2.45, 2.75) is 70.8 Å². The SMILES string of the molecule is CCCCCCCCCCC1CSCC1O. The Morgan fingerprint density at radius 2 is 1.56 bits per heavy atom. The van der Waals surface area contributed by atoms with Crippen LogP contribution < -0.4 is 0 Å². The zero-order valence-electron chi connectivity index (χ0n) is 10.8. The predicted molar refractivity (Wildman–Crippen MR) is 74.0 cm³/mol. The lowest BCUT2D eigenvalue weighted by Crippen LogP contribution is -2.17. The lowest BCUT2D eigenvalue weighted by Gasteiger charge is -2.12. The monoisotopic (exact) mass is 244 g/mol. The molecule has 16 heavy (non-hydrogen) atoms. The van der Waals surface area contributed by atoms with Gasteiger partial charge in [0.25, 0.3) is 0 Å². The van der Waals surface area contributed by atoms with Crippen molar-refractivity contribution in [3.8, 4) is 0 Å². The molecule has 1 saturated heterocycles. The van der Waals surface area contributed by atoms with Gasteiger partial charge in [0.1, 0.15) is 0 Å². The summed E-state index contributed by atoms with van der Waals surface area (Å²) < 4.78 is 0. The maximum atomic E-state index is 9.67. The molecule has 0 aromatic heterocycles. The third-order valence-electron chi connectivity index (χ3n) is 3.59. The van der Waals surface area contributed by atoms with Crippen molar-refractivity contribution in [3.05, 3.63) is 0 Å². The van der Waals surface area contributed by atoms with Gasteiger partial charge in [-0.3, -0.25) is 0 Å². The van der Waals surface area contributed by atoms with Crippen molar-refractivity contribution in [3.63, 3.8) is 0 Å². The summed E-state index contributed by atoms with van der Waals surface area (Å²) in [5.74, 6) is 2.77. The molecule has 0 bridgehead atoms. The lowest BCUT2D eigenvalue weighted by molar-refractivity contribution is 0.143. The number of rotatable bonds is 9. The predicted octanol–water partition coefficient (Wildman–Crippen LogP) is 4.24. The van der Waals surface area contributed by atoms with E-state index in [0.717, 1.165) is 5.75 Å². The van der Waals surface area contributed by atoms with Crippen LogP contribution in [-0.2, 0) is 0 Å². The van der Waals surface area contributed by atoms with Crippen LogP contribution in [0.1, 0.15) is 64.7 Å². The van der Waals surface area contributed by atoms with Crippen molar-refractivity contribution in [2.24, 2.45) is 5.92 Å². The van der Waals surface area contributed by atoms with Crippen LogP contribution >= 0.6 is 11.8 Å². The first kappa shape index (κ1) is 14.4. The number of hydrogen-bond acceptors (Lipinski definition) is 2. The molecule has 1 aliphatic heterocycles. The molecule has 0 aliphatic carbocycles. The minimum Gasteiger partial charge on any atom is -0.392 e. The fraction of sp³-hybridized carbons (Fsp3) is 1.00. The van der Waals surface area contributed by atoms with Crippen molar-refractivity contribution in [2.75, 3.05) is 11.5 Å². The standard InChI is InChI=1S/C14H28OS/c1-2-3-4-5-6-7-8-9-10-13-11-16-12-14(13)15/h13-15H,2-12H2,1H3. The molecule has 2 unspecified atom stereocenters. The molecule has 1 nitrogen and oxygen atoms in total. The van der Waals surface area contributed by atoms with Gasteiger partial charge in [-0.1, -0.05) is 58.3 Å². The minimum atomic E-state index is -0.00504. The Hall–Kier alpha value is 0.310. The molecule has 0 aromatic carbocycles. The van der Waals surface area contributed by atoms with E-state index in [-0.39, 0.29) is 6.10 Å². The van der Waals surface area contributed by atoms with E-state index in [2.05, 4.69) is 6.92 Å². The number of hydrogen-bond donors (Lipinski definition) is 1. The highest BCUT2D eigenvalue weighted by atomic mass is 32.2. The topological polar surface area (TPSA) is 20.2 Å². The van der Waals surface area contributed by atoms with E-state index in [1.165, 1.54) is 63.5 Å². The second kappa shape index (κ2) is 9.35. The Bertz CT molecular complexity index is 161. The molecule has 1 rings (SSSR count). The zero-order chi connectivity index (χ0) is 11.6. The molecule has 1 N–H and O–H groups in total. The van der Waals surface area contributed by atoms with Crippen molar-refractivity contribution >= 4 is 11.8 Å². The molecule has 1 heterocycles. The Balaban J connectivity index is 1.81. The van der Waals surface area contributed by atoms with E-state index in [9.17, 15) is 5.11 Å². The summed E-state index contributed by atoms with van der Waals surface area (Å²) in [7, 11) is 0. The van der Waals surface area contributed by atoms with Gasteiger partial charge in [0.05, 0.1) is 6.10 Å². The Morgan fingerprint density at radius 3 is 2.12 bits per heavy atom. The Morgan fingerprint density at radius 1 is 0.938 bits per heavy atom. The minimum absolute atomic E-state index is 0.00504. The van der Waals surface area contributed by atoms with Crippen LogP contribution in [0.15, 0.2) is 0 Å². The second-order valence-electron chi connectivity index (χ2n) is 5.13. The van der Waals surface area contributed by atoms with Crippen LogP contribution in [-0.4, -0.2) is 22.7 Å². The van der Waals surface area contributed by atoms with Gasteiger partial charge in [0.15, 0.2) is 0 Å². The van der Waals surface area contributed by atoms with Crippen LogP contribution in [0.2, 0.25) is 0 Å². The van der Waals surface area contributed by atoms with E-state index in [1.807, 2.05) is 11.8 Å². The average molecular weight is 244 g/mol. The van der Waals surface area contributed by atoms with Gasteiger partial charge in [-0.15, -0.1) is 0 Å². The Kier molecular flexibility index (Phi) is 8.40. The third kappa shape index (κ3) is 6.15. The molecule has 0 saturated carbocycles. The van der Waals surface area contributed by atoms with E-state index in [4.69, 9.17) is 0 Å². The van der Waals surface area contributed by atoms with Gasteiger partial charge in [-0.2, -0.15) is 11.8 Å². The first-order valence-corrected chi connectivity index (χ1v) is 8.26. The molecule has 1 aliphatic rings. The second-order valence-corrected chi connectivity index (χ2v) is 6.20. The zero-order valence-corrected chi connectivity index (χ0v) is 11.6. The summed E-state index contributed by atoms with van der Waals surface area (Å²) in [4.78, 5) is 0. The van der Waals surface area contributed by atoms with Crippen LogP contribution in [0.4, 0.5) is 0 Å².